The van der Waals surface area contributed by atoms with Gasteiger partial charge in [-0.2, -0.15) is 0 Å². The Morgan fingerprint density at radius 3 is 2.72 bits per heavy atom. The van der Waals surface area contributed by atoms with Crippen molar-refractivity contribution in [1.82, 2.24) is 10.1 Å². The largest absolute Gasteiger partial charge is 0.493 e. The summed E-state index contributed by atoms with van der Waals surface area (Å²) in [4.78, 5) is 13.3. The van der Waals surface area contributed by atoms with Gasteiger partial charge < -0.3 is 19.9 Å². The fourth-order valence-corrected chi connectivity index (χ4v) is 2.97. The molecule has 0 atom stereocenters. The second-order valence-electron chi connectivity index (χ2n) is 5.98. The number of nitrogens with zero attached hydrogens (tertiary/aromatic N) is 2. The Kier molecular flexibility index (Phi) is 5.02. The van der Waals surface area contributed by atoms with Gasteiger partial charge in [-0.3, -0.25) is 10.2 Å². The Bertz CT molecular complexity index is 778. The summed E-state index contributed by atoms with van der Waals surface area (Å²) >= 11 is 0. The fraction of sp³-hybridized carbons (Fsp3) is 0.389. The summed E-state index contributed by atoms with van der Waals surface area (Å²) in [7, 11) is 0. The highest BCUT2D eigenvalue weighted by atomic mass is 16.5. The second-order valence-corrected chi connectivity index (χ2v) is 5.98. The molecular weight excluding hydrogens is 320 g/mol. The maximum atomic E-state index is 11.2. The van der Waals surface area contributed by atoms with Gasteiger partial charge in [0.1, 0.15) is 17.3 Å². The van der Waals surface area contributed by atoms with Crippen LogP contribution in [0, 0.1) is 5.41 Å². The summed E-state index contributed by atoms with van der Waals surface area (Å²) in [5, 5.41) is 12.4. The zero-order valence-electron chi connectivity index (χ0n) is 14.2. The maximum Gasteiger partial charge on any atom is 0.287 e. The van der Waals surface area contributed by atoms with Gasteiger partial charge in [-0.15, -0.1) is 0 Å². The smallest absolute Gasteiger partial charge is 0.287 e. The van der Waals surface area contributed by atoms with Gasteiger partial charge in [0.25, 0.3) is 5.91 Å². The van der Waals surface area contributed by atoms with E-state index >= 15 is 0 Å². The Labute approximate surface area is 146 Å². The van der Waals surface area contributed by atoms with E-state index in [0.29, 0.717) is 29.4 Å². The first-order chi connectivity index (χ1) is 12.1. The van der Waals surface area contributed by atoms with Crippen molar-refractivity contribution in [2.24, 2.45) is 5.73 Å². The molecule has 1 aromatic carbocycles. The molecule has 1 fully saturated rings. The zero-order valence-corrected chi connectivity index (χ0v) is 14.2. The Morgan fingerprint density at radius 1 is 1.32 bits per heavy atom. The minimum Gasteiger partial charge on any atom is -0.493 e. The van der Waals surface area contributed by atoms with E-state index in [2.05, 4.69) is 10.1 Å². The highest BCUT2D eigenvalue weighted by Crippen LogP contribution is 2.31. The molecule has 0 radical (unpaired) electrons. The first-order valence-corrected chi connectivity index (χ1v) is 8.47. The van der Waals surface area contributed by atoms with Crippen molar-refractivity contribution in [3.63, 3.8) is 0 Å². The number of likely N-dealkylation sites (tertiary alicyclic amines) is 1. The zero-order chi connectivity index (χ0) is 17.8. The molecule has 2 aromatic rings. The van der Waals surface area contributed by atoms with Crippen molar-refractivity contribution in [3.05, 3.63) is 35.6 Å². The number of carbonyl (C=O) groups excluding carboxylic acids is 1. The number of amidine groups is 1. The molecule has 25 heavy (non-hydrogen) atoms. The van der Waals surface area contributed by atoms with Crippen LogP contribution in [0.25, 0.3) is 11.3 Å². The average Bonchev–Trinajstić information content (AvgIpc) is 3.12. The third kappa shape index (κ3) is 3.65. The molecule has 1 aromatic heterocycles. The molecule has 7 heteroatoms. The van der Waals surface area contributed by atoms with Crippen LogP contribution in [0.1, 0.15) is 42.3 Å². The lowest BCUT2D eigenvalue weighted by molar-refractivity contribution is 0.0965. The minimum absolute atomic E-state index is 0.00239. The van der Waals surface area contributed by atoms with E-state index in [9.17, 15) is 4.79 Å². The lowest BCUT2D eigenvalue weighted by Crippen LogP contribution is -2.35. The minimum atomic E-state index is -0.666. The molecule has 0 bridgehead atoms. The predicted octanol–water partition coefficient (Wildman–Crippen LogP) is 2.65. The third-order valence-corrected chi connectivity index (χ3v) is 4.26. The van der Waals surface area contributed by atoms with Crippen LogP contribution in [-0.2, 0) is 0 Å². The van der Waals surface area contributed by atoms with Gasteiger partial charge in [0, 0.05) is 30.3 Å². The topological polar surface area (TPSA) is 105 Å². The van der Waals surface area contributed by atoms with E-state index in [-0.39, 0.29) is 5.76 Å². The van der Waals surface area contributed by atoms with Gasteiger partial charge in [0.15, 0.2) is 0 Å². The van der Waals surface area contributed by atoms with E-state index in [4.69, 9.17) is 20.4 Å². The Balaban J connectivity index is 1.91. The van der Waals surface area contributed by atoms with Crippen molar-refractivity contribution in [2.75, 3.05) is 19.7 Å². The van der Waals surface area contributed by atoms with Crippen molar-refractivity contribution in [3.8, 4) is 17.0 Å². The highest BCUT2D eigenvalue weighted by Gasteiger charge is 2.19. The van der Waals surface area contributed by atoms with Crippen LogP contribution < -0.4 is 10.5 Å². The lowest BCUT2D eigenvalue weighted by atomic mass is 10.0. The van der Waals surface area contributed by atoms with E-state index in [1.807, 2.05) is 25.1 Å². The molecule has 1 aliphatic rings. The first kappa shape index (κ1) is 17.0. The van der Waals surface area contributed by atoms with Crippen molar-refractivity contribution in [2.45, 2.75) is 26.2 Å². The van der Waals surface area contributed by atoms with Gasteiger partial charge in [-0.05, 0) is 38.3 Å². The number of carbonyl (C=O) groups is 1. The number of aromatic nitrogens is 1. The molecule has 3 rings (SSSR count). The molecule has 0 saturated carbocycles. The molecule has 7 nitrogen and oxygen atoms in total. The van der Waals surface area contributed by atoms with E-state index in [1.54, 1.807) is 0 Å². The molecule has 0 aliphatic carbocycles. The number of nitrogens with two attached hydrogens (primary N) is 1. The van der Waals surface area contributed by atoms with Gasteiger partial charge in [0.2, 0.25) is 5.76 Å². The molecule has 0 unspecified atom stereocenters. The van der Waals surface area contributed by atoms with Gasteiger partial charge in [0.05, 0.1) is 6.61 Å². The number of nitrogens with one attached hydrogen (secondary N) is 1. The quantitative estimate of drug-likeness (QED) is 0.642. The Hall–Kier alpha value is -2.83. The van der Waals surface area contributed by atoms with Crippen LogP contribution in [0.4, 0.5) is 0 Å². The van der Waals surface area contributed by atoms with Gasteiger partial charge >= 0.3 is 0 Å². The second kappa shape index (κ2) is 7.38. The number of ether oxygens (including phenoxy) is 1. The summed E-state index contributed by atoms with van der Waals surface area (Å²) in [6.07, 6.45) is 3.46. The number of benzene rings is 1. The normalized spacial score (nSPS) is 14.4. The van der Waals surface area contributed by atoms with Crippen LogP contribution in [-0.4, -0.2) is 41.5 Å². The summed E-state index contributed by atoms with van der Waals surface area (Å²) in [5.74, 6) is 0.444. The van der Waals surface area contributed by atoms with E-state index in [1.165, 1.54) is 12.5 Å². The molecular formula is C18H22N4O3. The predicted molar refractivity (Wildman–Crippen MR) is 93.9 cm³/mol. The highest BCUT2D eigenvalue weighted by molar-refractivity contribution is 5.97. The van der Waals surface area contributed by atoms with Crippen LogP contribution >= 0.6 is 0 Å². The molecule has 132 valence electrons. The third-order valence-electron chi connectivity index (χ3n) is 4.26. The standard InChI is InChI=1S/C18H22N4O3/c1-2-24-15-10-12(17(19)22-8-4-3-5-9-22)6-7-13(15)14-11-16(18(20)23)25-21-14/h6-7,10-11,19H,2-5,8-9H2,1H3,(H2,20,23). The van der Waals surface area contributed by atoms with Crippen LogP contribution in [0.3, 0.4) is 0 Å². The molecule has 1 amide bonds. The average molecular weight is 342 g/mol. The number of piperidine rings is 1. The Morgan fingerprint density at radius 2 is 2.08 bits per heavy atom. The summed E-state index contributed by atoms with van der Waals surface area (Å²) in [5.41, 5.74) is 7.19. The van der Waals surface area contributed by atoms with Crippen LogP contribution in [0.5, 0.6) is 5.75 Å². The number of amides is 1. The molecule has 1 saturated heterocycles. The van der Waals surface area contributed by atoms with Crippen molar-refractivity contribution in [1.29, 1.82) is 5.41 Å². The molecule has 0 spiro atoms. The first-order valence-electron chi connectivity index (χ1n) is 8.47. The maximum absolute atomic E-state index is 11.2. The monoisotopic (exact) mass is 342 g/mol. The van der Waals surface area contributed by atoms with E-state index in [0.717, 1.165) is 31.5 Å². The summed E-state index contributed by atoms with van der Waals surface area (Å²) in [6, 6.07) is 7.04. The fourth-order valence-electron chi connectivity index (χ4n) is 2.97. The number of rotatable bonds is 5. The van der Waals surface area contributed by atoms with Gasteiger partial charge in [-0.1, -0.05) is 11.2 Å². The SMILES string of the molecule is CCOc1cc(C(=N)N2CCCCC2)ccc1-c1cc(C(N)=O)on1. The summed E-state index contributed by atoms with van der Waals surface area (Å²) < 4.78 is 10.7. The van der Waals surface area contributed by atoms with Crippen LogP contribution in [0.15, 0.2) is 28.8 Å². The molecule has 1 aliphatic heterocycles. The number of hydrogen-bond donors (Lipinski definition) is 2. The number of primary amides is 1. The summed E-state index contributed by atoms with van der Waals surface area (Å²) in [6.45, 7) is 4.20. The molecule has 2 heterocycles. The lowest BCUT2D eigenvalue weighted by Gasteiger charge is -2.29. The number of hydrogen-bond acceptors (Lipinski definition) is 5. The van der Waals surface area contributed by atoms with Crippen molar-refractivity contribution < 1.29 is 14.1 Å². The van der Waals surface area contributed by atoms with Crippen LogP contribution in [0.2, 0.25) is 0 Å². The molecule has 3 N–H and O–H groups in total. The van der Waals surface area contributed by atoms with E-state index < -0.39 is 5.91 Å². The van der Waals surface area contributed by atoms with Crippen molar-refractivity contribution >= 4 is 11.7 Å². The van der Waals surface area contributed by atoms with Gasteiger partial charge in [-0.25, -0.2) is 0 Å².